The number of ether oxygens (including phenoxy) is 1. The zero-order valence-corrected chi connectivity index (χ0v) is 16.0. The molecule has 7 heteroatoms. The summed E-state index contributed by atoms with van der Waals surface area (Å²) in [6.07, 6.45) is 0.598. The first-order chi connectivity index (χ1) is 14.0. The van der Waals surface area contributed by atoms with E-state index < -0.39 is 17.8 Å². The van der Waals surface area contributed by atoms with E-state index in [-0.39, 0.29) is 31.5 Å². The van der Waals surface area contributed by atoms with Crippen LogP contribution in [-0.2, 0) is 20.7 Å². The molecule has 2 aliphatic heterocycles. The third-order valence-corrected chi connectivity index (χ3v) is 5.25. The molecule has 0 radical (unpaired) electrons. The average Bonchev–Trinajstić information content (AvgIpc) is 3.18. The largest absolute Gasteiger partial charge is 0.455 e. The third kappa shape index (κ3) is 3.40. The maximum absolute atomic E-state index is 12.6. The first kappa shape index (κ1) is 18.9. The van der Waals surface area contributed by atoms with Crippen LogP contribution in [0, 0.1) is 0 Å². The van der Waals surface area contributed by atoms with Gasteiger partial charge in [-0.2, -0.15) is 0 Å². The molecule has 29 heavy (non-hydrogen) atoms. The van der Waals surface area contributed by atoms with Crippen LogP contribution in [0.25, 0.3) is 0 Å². The molecule has 2 aromatic carbocycles. The fraction of sp³-hybridized carbons (Fsp3) is 0.273. The van der Waals surface area contributed by atoms with Gasteiger partial charge >= 0.3 is 5.97 Å². The number of benzene rings is 2. The van der Waals surface area contributed by atoms with Crippen LogP contribution in [-0.4, -0.2) is 47.8 Å². The van der Waals surface area contributed by atoms with E-state index in [2.05, 4.69) is 0 Å². The molecule has 0 N–H and O–H groups in total. The van der Waals surface area contributed by atoms with E-state index in [0.29, 0.717) is 11.1 Å². The standard InChI is InChI=1S/C22H20N2O5/c1-14-12-15-6-2-5-9-18(15)24(14)19(25)13-29-20(26)10-11-23-21(27)16-7-3-4-8-17(16)22(23)28/h2-9,14H,10-13H2,1H3. The molecule has 0 saturated heterocycles. The van der Waals surface area contributed by atoms with Crippen LogP contribution in [0.3, 0.4) is 0 Å². The number of nitrogens with zero attached hydrogens (tertiary/aromatic N) is 2. The summed E-state index contributed by atoms with van der Waals surface area (Å²) in [6.45, 7) is 1.49. The van der Waals surface area contributed by atoms with E-state index in [4.69, 9.17) is 4.74 Å². The second-order valence-corrected chi connectivity index (χ2v) is 7.16. The summed E-state index contributed by atoms with van der Waals surface area (Å²) in [5.41, 5.74) is 2.60. The van der Waals surface area contributed by atoms with Gasteiger partial charge in [0.2, 0.25) is 0 Å². The molecule has 0 spiro atoms. The lowest BCUT2D eigenvalue weighted by Crippen LogP contribution is -2.39. The summed E-state index contributed by atoms with van der Waals surface area (Å²) in [7, 11) is 0. The zero-order valence-electron chi connectivity index (χ0n) is 16.0. The molecule has 148 valence electrons. The van der Waals surface area contributed by atoms with Crippen molar-refractivity contribution in [2.24, 2.45) is 0 Å². The smallest absolute Gasteiger partial charge is 0.308 e. The molecule has 0 fully saturated rings. The lowest BCUT2D eigenvalue weighted by molar-refractivity contribution is -0.148. The number of rotatable bonds is 5. The fourth-order valence-corrected chi connectivity index (χ4v) is 3.87. The highest BCUT2D eigenvalue weighted by molar-refractivity contribution is 6.21. The number of carbonyl (C=O) groups is 4. The molecule has 1 atom stereocenters. The van der Waals surface area contributed by atoms with Gasteiger partial charge in [0.1, 0.15) is 0 Å². The normalized spacial score (nSPS) is 17.3. The Morgan fingerprint density at radius 1 is 1.00 bits per heavy atom. The highest BCUT2D eigenvalue weighted by Crippen LogP contribution is 2.31. The minimum atomic E-state index is -0.630. The van der Waals surface area contributed by atoms with Gasteiger partial charge in [0.15, 0.2) is 6.61 Å². The molecule has 0 aliphatic carbocycles. The van der Waals surface area contributed by atoms with Gasteiger partial charge in [0.05, 0.1) is 17.5 Å². The Morgan fingerprint density at radius 2 is 1.62 bits per heavy atom. The molecular formula is C22H20N2O5. The Morgan fingerprint density at radius 3 is 2.31 bits per heavy atom. The summed E-state index contributed by atoms with van der Waals surface area (Å²) in [4.78, 5) is 51.9. The zero-order chi connectivity index (χ0) is 20.5. The monoisotopic (exact) mass is 392 g/mol. The Hall–Kier alpha value is -3.48. The Kier molecular flexibility index (Phi) is 4.88. The summed E-state index contributed by atoms with van der Waals surface area (Å²) in [6, 6.07) is 14.2. The number of anilines is 1. The molecule has 2 heterocycles. The molecule has 0 aromatic heterocycles. The molecule has 3 amide bonds. The highest BCUT2D eigenvalue weighted by atomic mass is 16.5. The first-order valence-electron chi connectivity index (χ1n) is 9.48. The van der Waals surface area contributed by atoms with Crippen LogP contribution in [0.2, 0.25) is 0 Å². The molecule has 7 nitrogen and oxygen atoms in total. The summed E-state index contributed by atoms with van der Waals surface area (Å²) >= 11 is 0. The molecule has 1 unspecified atom stereocenters. The number of hydrogen-bond acceptors (Lipinski definition) is 5. The van der Waals surface area contributed by atoms with Crippen molar-refractivity contribution in [1.29, 1.82) is 0 Å². The number of carbonyl (C=O) groups excluding carboxylic acids is 4. The van der Waals surface area contributed by atoms with Gasteiger partial charge in [0.25, 0.3) is 17.7 Å². The van der Waals surface area contributed by atoms with Crippen LogP contribution in [0.5, 0.6) is 0 Å². The van der Waals surface area contributed by atoms with Crippen LogP contribution in [0.1, 0.15) is 39.6 Å². The number of amides is 3. The molecule has 4 rings (SSSR count). The molecule has 2 aliphatic rings. The van der Waals surface area contributed by atoms with Crippen molar-refractivity contribution in [1.82, 2.24) is 4.90 Å². The van der Waals surface area contributed by atoms with Gasteiger partial charge in [-0.25, -0.2) is 0 Å². The van der Waals surface area contributed by atoms with Crippen LogP contribution in [0.4, 0.5) is 5.69 Å². The van der Waals surface area contributed by atoms with Gasteiger partial charge in [-0.15, -0.1) is 0 Å². The summed E-state index contributed by atoms with van der Waals surface area (Å²) in [5, 5.41) is 0. The van der Waals surface area contributed by atoms with Crippen molar-refractivity contribution in [3.63, 3.8) is 0 Å². The maximum atomic E-state index is 12.6. The van der Waals surface area contributed by atoms with E-state index in [1.165, 1.54) is 0 Å². The number of imide groups is 1. The molecule has 0 bridgehead atoms. The Balaban J connectivity index is 1.31. The van der Waals surface area contributed by atoms with Gasteiger partial charge in [-0.05, 0) is 37.1 Å². The van der Waals surface area contributed by atoms with E-state index in [1.807, 2.05) is 31.2 Å². The van der Waals surface area contributed by atoms with E-state index >= 15 is 0 Å². The minimum Gasteiger partial charge on any atom is -0.455 e. The number of para-hydroxylation sites is 1. The lowest BCUT2D eigenvalue weighted by Gasteiger charge is -2.22. The average molecular weight is 392 g/mol. The predicted octanol–water partition coefficient (Wildman–Crippen LogP) is 2.19. The molecule has 0 saturated carbocycles. The second-order valence-electron chi connectivity index (χ2n) is 7.16. The lowest BCUT2D eigenvalue weighted by atomic mass is 10.1. The van der Waals surface area contributed by atoms with Crippen molar-refractivity contribution in [2.75, 3.05) is 18.1 Å². The number of hydrogen-bond donors (Lipinski definition) is 0. The maximum Gasteiger partial charge on any atom is 0.308 e. The Bertz CT molecular complexity index is 981. The molecule has 2 aromatic rings. The van der Waals surface area contributed by atoms with Crippen molar-refractivity contribution >= 4 is 29.4 Å². The van der Waals surface area contributed by atoms with Crippen LogP contribution < -0.4 is 4.90 Å². The van der Waals surface area contributed by atoms with Crippen molar-refractivity contribution in [2.45, 2.75) is 25.8 Å². The highest BCUT2D eigenvalue weighted by Gasteiger charge is 2.35. The Labute approximate surface area is 167 Å². The topological polar surface area (TPSA) is 84.0 Å². The quantitative estimate of drug-likeness (QED) is 0.575. The van der Waals surface area contributed by atoms with E-state index in [9.17, 15) is 19.2 Å². The van der Waals surface area contributed by atoms with Gasteiger partial charge < -0.3 is 9.64 Å². The van der Waals surface area contributed by atoms with Crippen molar-refractivity contribution < 1.29 is 23.9 Å². The van der Waals surface area contributed by atoms with Gasteiger partial charge in [0, 0.05) is 18.3 Å². The predicted molar refractivity (Wildman–Crippen MR) is 104 cm³/mol. The van der Waals surface area contributed by atoms with Crippen LogP contribution in [0.15, 0.2) is 48.5 Å². The third-order valence-electron chi connectivity index (χ3n) is 5.25. The van der Waals surface area contributed by atoms with Gasteiger partial charge in [-0.1, -0.05) is 30.3 Å². The van der Waals surface area contributed by atoms with Gasteiger partial charge in [-0.3, -0.25) is 24.1 Å². The number of esters is 1. The SMILES string of the molecule is CC1Cc2ccccc2N1C(=O)COC(=O)CCN1C(=O)c2ccccc2C1=O. The summed E-state index contributed by atoms with van der Waals surface area (Å²) < 4.78 is 5.11. The van der Waals surface area contributed by atoms with E-state index in [1.54, 1.807) is 29.2 Å². The van der Waals surface area contributed by atoms with E-state index in [0.717, 1.165) is 22.6 Å². The van der Waals surface area contributed by atoms with Crippen molar-refractivity contribution in [3.05, 3.63) is 65.2 Å². The second kappa shape index (κ2) is 7.50. The molecular weight excluding hydrogens is 372 g/mol. The first-order valence-corrected chi connectivity index (χ1v) is 9.48. The number of fused-ring (bicyclic) bond motifs is 2. The van der Waals surface area contributed by atoms with Crippen LogP contribution >= 0.6 is 0 Å². The fourth-order valence-electron chi connectivity index (χ4n) is 3.87. The minimum absolute atomic E-state index is 0.00282. The van der Waals surface area contributed by atoms with Crippen molar-refractivity contribution in [3.8, 4) is 0 Å². The summed E-state index contributed by atoms with van der Waals surface area (Å²) in [5.74, 6) is -1.76.